The molecule has 0 saturated carbocycles. The summed E-state index contributed by atoms with van der Waals surface area (Å²) in [5, 5.41) is 2.27. The van der Waals surface area contributed by atoms with Gasteiger partial charge in [-0.15, -0.1) is 0 Å². The van der Waals surface area contributed by atoms with Gasteiger partial charge in [-0.3, -0.25) is 14.9 Å². The molecule has 0 atom stereocenters. The summed E-state index contributed by atoms with van der Waals surface area (Å²) < 4.78 is 26.6. The highest BCUT2D eigenvalue weighted by molar-refractivity contribution is 14.1. The van der Waals surface area contributed by atoms with Crippen molar-refractivity contribution in [1.82, 2.24) is 5.32 Å². The summed E-state index contributed by atoms with van der Waals surface area (Å²) in [4.78, 5) is 26.8. The van der Waals surface area contributed by atoms with Gasteiger partial charge in [0.1, 0.15) is 18.0 Å². The number of rotatable bonds is 6. The Balaban J connectivity index is 1.64. The van der Waals surface area contributed by atoms with Crippen LogP contribution >= 0.6 is 34.8 Å². The normalized spacial score (nSPS) is 14.8. The Bertz CT molecular complexity index is 1360. The zero-order chi connectivity index (χ0) is 25.1. The van der Waals surface area contributed by atoms with Crippen LogP contribution in [0.25, 0.3) is 6.08 Å². The predicted octanol–water partition coefficient (Wildman–Crippen LogP) is 5.16. The van der Waals surface area contributed by atoms with E-state index in [0.29, 0.717) is 23.7 Å². The minimum atomic E-state index is -0.725. The number of para-hydroxylation sites is 1. The molecule has 1 heterocycles. The van der Waals surface area contributed by atoms with Crippen LogP contribution in [-0.2, 0) is 16.2 Å². The molecule has 0 radical (unpaired) electrons. The van der Waals surface area contributed by atoms with E-state index in [1.54, 1.807) is 18.2 Å². The summed E-state index contributed by atoms with van der Waals surface area (Å²) in [5.41, 5.74) is 2.48. The monoisotopic (exact) mass is 602 g/mol. The Labute approximate surface area is 220 Å². The number of hydrogen-bond acceptors (Lipinski definition) is 5. The second kappa shape index (κ2) is 10.5. The second-order valence-corrected chi connectivity index (χ2v) is 9.27. The molecule has 3 aromatic rings. The minimum Gasteiger partial charge on any atom is -0.493 e. The van der Waals surface area contributed by atoms with Gasteiger partial charge in [0.15, 0.2) is 16.6 Å². The molecule has 1 fully saturated rings. The fourth-order valence-corrected chi connectivity index (χ4v) is 4.53. The zero-order valence-corrected chi connectivity index (χ0v) is 21.8. The van der Waals surface area contributed by atoms with Crippen molar-refractivity contribution in [2.24, 2.45) is 0 Å². The zero-order valence-electron chi connectivity index (χ0n) is 18.8. The van der Waals surface area contributed by atoms with E-state index in [2.05, 4.69) is 27.9 Å². The van der Waals surface area contributed by atoms with Crippen LogP contribution in [0.2, 0.25) is 0 Å². The van der Waals surface area contributed by atoms with Gasteiger partial charge in [-0.25, -0.2) is 9.29 Å². The molecule has 0 spiro atoms. The SMILES string of the molecule is COc1cc(/C=C2\C(=O)NC(=S)N(c3ccccc3F)C2=O)cc(I)c1OCc1ccc(C)cc1. The average molecular weight is 602 g/mol. The van der Waals surface area contributed by atoms with Crippen molar-refractivity contribution in [3.63, 3.8) is 0 Å². The van der Waals surface area contributed by atoms with Gasteiger partial charge in [0.25, 0.3) is 11.8 Å². The molecule has 0 unspecified atom stereocenters. The van der Waals surface area contributed by atoms with Crippen molar-refractivity contribution in [3.8, 4) is 11.5 Å². The van der Waals surface area contributed by atoms with Gasteiger partial charge in [-0.2, -0.15) is 0 Å². The molecule has 1 aliphatic heterocycles. The Morgan fingerprint density at radius 2 is 1.83 bits per heavy atom. The minimum absolute atomic E-state index is 0.0413. The van der Waals surface area contributed by atoms with E-state index in [4.69, 9.17) is 21.7 Å². The number of amides is 2. The lowest BCUT2D eigenvalue weighted by molar-refractivity contribution is -0.122. The largest absolute Gasteiger partial charge is 0.493 e. The highest BCUT2D eigenvalue weighted by atomic mass is 127. The first-order valence-corrected chi connectivity index (χ1v) is 12.0. The summed E-state index contributed by atoms with van der Waals surface area (Å²) in [6.45, 7) is 2.37. The van der Waals surface area contributed by atoms with E-state index < -0.39 is 17.6 Å². The van der Waals surface area contributed by atoms with E-state index in [-0.39, 0.29) is 16.4 Å². The average Bonchev–Trinajstić information content (AvgIpc) is 2.83. The number of nitrogens with zero attached hydrogens (tertiary/aromatic N) is 1. The van der Waals surface area contributed by atoms with Crippen molar-refractivity contribution in [3.05, 3.63) is 92.3 Å². The van der Waals surface area contributed by atoms with Crippen LogP contribution in [0.15, 0.2) is 66.2 Å². The number of aryl methyl sites for hydroxylation is 1. The summed E-state index contributed by atoms with van der Waals surface area (Å²) in [6.07, 6.45) is 1.42. The Morgan fingerprint density at radius 3 is 2.51 bits per heavy atom. The van der Waals surface area contributed by atoms with Crippen molar-refractivity contribution in [2.45, 2.75) is 13.5 Å². The summed E-state index contributed by atoms with van der Waals surface area (Å²) in [7, 11) is 1.51. The van der Waals surface area contributed by atoms with Crippen LogP contribution in [0.1, 0.15) is 16.7 Å². The van der Waals surface area contributed by atoms with Crippen molar-refractivity contribution < 1.29 is 23.5 Å². The molecular weight excluding hydrogens is 582 g/mol. The molecule has 35 heavy (non-hydrogen) atoms. The molecule has 2 amide bonds. The number of ether oxygens (including phenoxy) is 2. The van der Waals surface area contributed by atoms with Gasteiger partial charge >= 0.3 is 0 Å². The molecule has 6 nitrogen and oxygen atoms in total. The number of methoxy groups -OCH3 is 1. The highest BCUT2D eigenvalue weighted by Gasteiger charge is 2.35. The fourth-order valence-electron chi connectivity index (χ4n) is 3.48. The molecule has 3 aromatic carbocycles. The van der Waals surface area contributed by atoms with Crippen LogP contribution in [0.3, 0.4) is 0 Å². The quantitative estimate of drug-likeness (QED) is 0.183. The lowest BCUT2D eigenvalue weighted by atomic mass is 10.1. The topological polar surface area (TPSA) is 67.9 Å². The number of benzene rings is 3. The maximum absolute atomic E-state index is 14.4. The third-order valence-electron chi connectivity index (χ3n) is 5.26. The number of carbonyl (C=O) groups is 2. The van der Waals surface area contributed by atoms with E-state index in [0.717, 1.165) is 19.6 Å². The number of anilines is 1. The molecule has 0 bridgehead atoms. The third kappa shape index (κ3) is 5.35. The maximum atomic E-state index is 14.4. The molecule has 0 aromatic heterocycles. The Hall–Kier alpha value is -3.31. The van der Waals surface area contributed by atoms with Crippen LogP contribution in [-0.4, -0.2) is 24.0 Å². The Morgan fingerprint density at radius 1 is 1.11 bits per heavy atom. The smallest absolute Gasteiger partial charge is 0.270 e. The predicted molar refractivity (Wildman–Crippen MR) is 144 cm³/mol. The van der Waals surface area contributed by atoms with Gasteiger partial charge < -0.3 is 9.47 Å². The van der Waals surface area contributed by atoms with E-state index in [9.17, 15) is 14.0 Å². The third-order valence-corrected chi connectivity index (χ3v) is 6.35. The first-order valence-electron chi connectivity index (χ1n) is 10.5. The number of halogens is 2. The van der Waals surface area contributed by atoms with Gasteiger partial charge in [-0.05, 0) is 83.2 Å². The van der Waals surface area contributed by atoms with Gasteiger partial charge in [0.05, 0.1) is 16.4 Å². The van der Waals surface area contributed by atoms with Crippen LogP contribution in [0, 0.1) is 16.3 Å². The first-order chi connectivity index (χ1) is 16.8. The lowest BCUT2D eigenvalue weighted by Gasteiger charge is -2.29. The summed E-state index contributed by atoms with van der Waals surface area (Å²) in [6, 6.07) is 17.2. The second-order valence-electron chi connectivity index (χ2n) is 7.72. The van der Waals surface area contributed by atoms with Gasteiger partial charge in [0.2, 0.25) is 0 Å². The number of nitrogens with one attached hydrogen (secondary N) is 1. The molecule has 0 aliphatic carbocycles. The number of hydrogen-bond donors (Lipinski definition) is 1. The first kappa shape index (κ1) is 24.8. The standard InChI is InChI=1S/C26H20FIN2O4S/c1-15-7-9-16(10-8-15)14-34-23-20(28)12-17(13-22(23)33-2)11-18-24(31)29-26(35)30(25(18)32)21-6-4-3-5-19(21)27/h3-13H,14H2,1-2H3,(H,29,31,35)/b18-11+. The summed E-state index contributed by atoms with van der Waals surface area (Å²) in [5.74, 6) is -1.03. The molecule has 1 aliphatic rings. The van der Waals surface area contributed by atoms with Crippen molar-refractivity contribution in [1.29, 1.82) is 0 Å². The maximum Gasteiger partial charge on any atom is 0.270 e. The Kier molecular flexibility index (Phi) is 7.46. The van der Waals surface area contributed by atoms with E-state index in [1.165, 1.54) is 31.4 Å². The van der Waals surface area contributed by atoms with Crippen LogP contribution in [0.5, 0.6) is 11.5 Å². The van der Waals surface area contributed by atoms with Crippen molar-refractivity contribution in [2.75, 3.05) is 12.0 Å². The van der Waals surface area contributed by atoms with Crippen LogP contribution < -0.4 is 19.7 Å². The molecule has 178 valence electrons. The van der Waals surface area contributed by atoms with Gasteiger partial charge in [0, 0.05) is 0 Å². The van der Waals surface area contributed by atoms with E-state index >= 15 is 0 Å². The molecule has 4 rings (SSSR count). The number of carbonyl (C=O) groups excluding carboxylic acids is 2. The number of thiocarbonyl (C=S) groups is 1. The highest BCUT2D eigenvalue weighted by Crippen LogP contribution is 2.35. The fraction of sp³-hybridized carbons (Fsp3) is 0.115. The van der Waals surface area contributed by atoms with Gasteiger partial charge in [-0.1, -0.05) is 42.0 Å². The molecular formula is C26H20FIN2O4S. The summed E-state index contributed by atoms with van der Waals surface area (Å²) >= 11 is 7.24. The lowest BCUT2D eigenvalue weighted by Crippen LogP contribution is -2.54. The molecule has 9 heteroatoms. The van der Waals surface area contributed by atoms with Crippen LogP contribution in [0.4, 0.5) is 10.1 Å². The van der Waals surface area contributed by atoms with Crippen molar-refractivity contribution >= 4 is 63.5 Å². The van der Waals surface area contributed by atoms with E-state index in [1.807, 2.05) is 31.2 Å². The molecule has 1 saturated heterocycles. The molecule has 1 N–H and O–H groups in total.